The van der Waals surface area contributed by atoms with Crippen molar-refractivity contribution in [2.75, 3.05) is 6.61 Å². The number of aromatic nitrogens is 3. The average Bonchev–Trinajstić information content (AvgIpc) is 2.91. The minimum absolute atomic E-state index is 0.353. The number of nitrogens with zero attached hydrogens (tertiary/aromatic N) is 3. The number of hydrogen-bond acceptors (Lipinski definition) is 4. The van der Waals surface area contributed by atoms with Gasteiger partial charge in [0.2, 0.25) is 0 Å². The first-order valence-corrected chi connectivity index (χ1v) is 7.18. The molecule has 0 unspecified atom stereocenters. The Bertz CT molecular complexity index is 835. The summed E-state index contributed by atoms with van der Waals surface area (Å²) < 4.78 is 6.87. The van der Waals surface area contributed by atoms with Crippen molar-refractivity contribution < 1.29 is 9.53 Å². The van der Waals surface area contributed by atoms with Crippen molar-refractivity contribution in [3.8, 4) is 5.82 Å². The van der Waals surface area contributed by atoms with Gasteiger partial charge in [0.15, 0.2) is 0 Å². The van der Waals surface area contributed by atoms with E-state index in [0.29, 0.717) is 12.2 Å². The van der Waals surface area contributed by atoms with E-state index in [1.165, 1.54) is 17.3 Å². The fourth-order valence-electron chi connectivity index (χ4n) is 2.31. The molecule has 0 bridgehead atoms. The molecule has 0 spiro atoms. The van der Waals surface area contributed by atoms with Gasteiger partial charge in [-0.05, 0) is 56.2 Å². The number of carbonyl (C=O) groups is 1. The summed E-state index contributed by atoms with van der Waals surface area (Å²) in [5, 5.41) is 0. The van der Waals surface area contributed by atoms with Crippen LogP contribution in [0.4, 0.5) is 0 Å². The molecule has 0 radical (unpaired) electrons. The lowest BCUT2D eigenvalue weighted by Crippen LogP contribution is -2.06. The highest BCUT2D eigenvalue weighted by Gasteiger charge is 2.10. The maximum atomic E-state index is 11.7. The Kier molecular flexibility index (Phi) is 3.63. The van der Waals surface area contributed by atoms with Crippen LogP contribution in [0.3, 0.4) is 0 Å². The number of imidazole rings is 1. The second-order valence-electron chi connectivity index (χ2n) is 5.17. The lowest BCUT2D eigenvalue weighted by atomic mass is 10.1. The van der Waals surface area contributed by atoms with Gasteiger partial charge >= 0.3 is 5.97 Å². The van der Waals surface area contributed by atoms with E-state index in [9.17, 15) is 4.79 Å². The number of hydrogen-bond donors (Lipinski definition) is 0. The van der Waals surface area contributed by atoms with E-state index in [4.69, 9.17) is 4.74 Å². The van der Waals surface area contributed by atoms with Crippen LogP contribution in [0.2, 0.25) is 0 Å². The predicted molar refractivity (Wildman–Crippen MR) is 84.3 cm³/mol. The molecule has 2 aromatic heterocycles. The molecule has 0 saturated heterocycles. The molecule has 1 aromatic carbocycles. The van der Waals surface area contributed by atoms with Crippen molar-refractivity contribution in [2.45, 2.75) is 20.8 Å². The van der Waals surface area contributed by atoms with Gasteiger partial charge in [0, 0.05) is 6.20 Å². The van der Waals surface area contributed by atoms with E-state index in [0.717, 1.165) is 16.9 Å². The summed E-state index contributed by atoms with van der Waals surface area (Å²) in [5.41, 5.74) is 4.79. The molecule has 3 aromatic rings. The third kappa shape index (κ3) is 2.45. The summed E-state index contributed by atoms with van der Waals surface area (Å²) in [5.74, 6) is 0.363. The van der Waals surface area contributed by atoms with Crippen molar-refractivity contribution in [3.05, 3.63) is 53.5 Å². The van der Waals surface area contributed by atoms with Crippen LogP contribution in [0, 0.1) is 13.8 Å². The Morgan fingerprint density at radius 3 is 2.64 bits per heavy atom. The zero-order valence-electron chi connectivity index (χ0n) is 12.8. The van der Waals surface area contributed by atoms with Crippen LogP contribution in [0.15, 0.2) is 36.8 Å². The minimum atomic E-state index is -0.358. The largest absolute Gasteiger partial charge is 0.462 e. The van der Waals surface area contributed by atoms with Crippen LogP contribution >= 0.6 is 0 Å². The molecule has 0 amide bonds. The number of pyridine rings is 1. The molecule has 0 aliphatic carbocycles. The maximum Gasteiger partial charge on any atom is 0.339 e. The van der Waals surface area contributed by atoms with Gasteiger partial charge in [-0.1, -0.05) is 0 Å². The monoisotopic (exact) mass is 295 g/mol. The minimum Gasteiger partial charge on any atom is -0.462 e. The summed E-state index contributed by atoms with van der Waals surface area (Å²) in [6.45, 7) is 6.27. The van der Waals surface area contributed by atoms with Gasteiger partial charge in [0.1, 0.15) is 12.1 Å². The van der Waals surface area contributed by atoms with E-state index in [1.54, 1.807) is 25.4 Å². The van der Waals surface area contributed by atoms with E-state index >= 15 is 0 Å². The second-order valence-corrected chi connectivity index (χ2v) is 5.17. The van der Waals surface area contributed by atoms with Crippen molar-refractivity contribution in [2.24, 2.45) is 0 Å². The van der Waals surface area contributed by atoms with E-state index in [1.807, 2.05) is 4.57 Å². The van der Waals surface area contributed by atoms with Crippen molar-refractivity contribution in [1.82, 2.24) is 14.5 Å². The quantitative estimate of drug-likeness (QED) is 0.696. The summed E-state index contributed by atoms with van der Waals surface area (Å²) in [6.07, 6.45) is 3.27. The first-order valence-electron chi connectivity index (χ1n) is 7.18. The highest BCUT2D eigenvalue weighted by molar-refractivity contribution is 5.89. The third-order valence-corrected chi connectivity index (χ3v) is 3.67. The molecule has 0 N–H and O–H groups in total. The number of ether oxygens (including phenoxy) is 1. The summed E-state index contributed by atoms with van der Waals surface area (Å²) in [6, 6.07) is 7.67. The van der Waals surface area contributed by atoms with Gasteiger partial charge in [-0.25, -0.2) is 14.8 Å². The van der Waals surface area contributed by atoms with Gasteiger partial charge in [0.05, 0.1) is 23.2 Å². The van der Waals surface area contributed by atoms with E-state index in [-0.39, 0.29) is 5.97 Å². The fraction of sp³-hybridized carbons (Fsp3) is 0.235. The number of benzene rings is 1. The Balaban J connectivity index is 2.01. The molecule has 0 aliphatic heterocycles. The fourth-order valence-corrected chi connectivity index (χ4v) is 2.31. The van der Waals surface area contributed by atoms with Crippen molar-refractivity contribution in [3.63, 3.8) is 0 Å². The number of esters is 1. The van der Waals surface area contributed by atoms with Crippen molar-refractivity contribution >= 4 is 17.0 Å². The molecule has 0 atom stereocenters. The van der Waals surface area contributed by atoms with Gasteiger partial charge in [-0.15, -0.1) is 0 Å². The summed E-state index contributed by atoms with van der Waals surface area (Å²) >= 11 is 0. The Hall–Kier alpha value is -2.69. The lowest BCUT2D eigenvalue weighted by Gasteiger charge is -2.06. The Morgan fingerprint density at radius 2 is 1.95 bits per heavy atom. The molecule has 0 fully saturated rings. The van der Waals surface area contributed by atoms with Crippen LogP contribution < -0.4 is 0 Å². The van der Waals surface area contributed by atoms with Gasteiger partial charge < -0.3 is 4.74 Å². The standard InChI is InChI=1S/C17H17N3O2/c1-4-22-17(21)13-5-6-16(18-9-13)20-10-19-14-7-11(2)12(3)8-15(14)20/h5-10H,4H2,1-3H3. The van der Waals surface area contributed by atoms with Crippen LogP contribution in [0.25, 0.3) is 16.9 Å². The highest BCUT2D eigenvalue weighted by Crippen LogP contribution is 2.21. The Morgan fingerprint density at radius 1 is 1.18 bits per heavy atom. The lowest BCUT2D eigenvalue weighted by molar-refractivity contribution is 0.0526. The van der Waals surface area contributed by atoms with Gasteiger partial charge in [0.25, 0.3) is 0 Å². The Labute approximate surface area is 128 Å². The van der Waals surface area contributed by atoms with Crippen LogP contribution in [0.5, 0.6) is 0 Å². The zero-order chi connectivity index (χ0) is 15.7. The van der Waals surface area contributed by atoms with E-state index in [2.05, 4.69) is 35.9 Å². The molecule has 5 nitrogen and oxygen atoms in total. The van der Waals surface area contributed by atoms with Gasteiger partial charge in [-0.3, -0.25) is 4.57 Å². The third-order valence-electron chi connectivity index (χ3n) is 3.67. The molecular weight excluding hydrogens is 278 g/mol. The predicted octanol–water partition coefficient (Wildman–Crippen LogP) is 3.21. The second kappa shape index (κ2) is 5.60. The summed E-state index contributed by atoms with van der Waals surface area (Å²) in [4.78, 5) is 20.4. The zero-order valence-corrected chi connectivity index (χ0v) is 12.8. The molecule has 5 heteroatoms. The van der Waals surface area contributed by atoms with Crippen LogP contribution in [-0.4, -0.2) is 27.1 Å². The maximum absolute atomic E-state index is 11.7. The van der Waals surface area contributed by atoms with E-state index < -0.39 is 0 Å². The van der Waals surface area contributed by atoms with Crippen molar-refractivity contribution in [1.29, 1.82) is 0 Å². The first-order chi connectivity index (χ1) is 10.6. The van der Waals surface area contributed by atoms with Gasteiger partial charge in [-0.2, -0.15) is 0 Å². The number of aryl methyl sites for hydroxylation is 2. The molecule has 3 rings (SSSR count). The number of carbonyl (C=O) groups excluding carboxylic acids is 1. The molecule has 112 valence electrons. The number of rotatable bonds is 3. The number of fused-ring (bicyclic) bond motifs is 1. The molecule has 2 heterocycles. The van der Waals surface area contributed by atoms with Crippen LogP contribution in [0.1, 0.15) is 28.4 Å². The molecule has 0 saturated carbocycles. The molecular formula is C17H17N3O2. The summed E-state index contributed by atoms with van der Waals surface area (Å²) in [7, 11) is 0. The topological polar surface area (TPSA) is 57.0 Å². The normalized spacial score (nSPS) is 10.9. The smallest absolute Gasteiger partial charge is 0.339 e. The average molecular weight is 295 g/mol. The molecule has 22 heavy (non-hydrogen) atoms. The van der Waals surface area contributed by atoms with Crippen LogP contribution in [-0.2, 0) is 4.74 Å². The molecule has 0 aliphatic rings. The first kappa shape index (κ1) is 14.3. The highest BCUT2D eigenvalue weighted by atomic mass is 16.5. The SMILES string of the molecule is CCOC(=O)c1ccc(-n2cnc3cc(C)c(C)cc32)nc1.